The van der Waals surface area contributed by atoms with Crippen LogP contribution in [0.1, 0.15) is 52.4 Å². The van der Waals surface area contributed by atoms with Crippen LogP contribution in [-0.4, -0.2) is 48.7 Å². The molecule has 0 aromatic carbocycles. The molecule has 2 fully saturated rings. The van der Waals surface area contributed by atoms with E-state index >= 15 is 0 Å². The van der Waals surface area contributed by atoms with E-state index in [0.29, 0.717) is 12.5 Å². The van der Waals surface area contributed by atoms with Crippen molar-refractivity contribution in [2.24, 2.45) is 0 Å². The maximum absolute atomic E-state index is 12.6. The van der Waals surface area contributed by atoms with Gasteiger partial charge in [-0.2, -0.15) is 0 Å². The first-order valence-electron chi connectivity index (χ1n) is 7.64. The van der Waals surface area contributed by atoms with Crippen molar-refractivity contribution in [3.8, 4) is 0 Å². The van der Waals surface area contributed by atoms with Crippen LogP contribution in [0.2, 0.25) is 0 Å². The van der Waals surface area contributed by atoms with E-state index < -0.39 is 0 Å². The minimum absolute atomic E-state index is 0.159. The Bertz CT molecular complexity index is 302. The Balaban J connectivity index is 1.91. The minimum Gasteiger partial charge on any atom is -0.378 e. The maximum Gasteiger partial charge on any atom is 0.225 e. The zero-order chi connectivity index (χ0) is 13.9. The van der Waals surface area contributed by atoms with E-state index in [1.165, 1.54) is 19.3 Å². The van der Waals surface area contributed by atoms with Crippen molar-refractivity contribution in [3.63, 3.8) is 0 Å². The molecule has 1 aliphatic carbocycles. The van der Waals surface area contributed by atoms with Gasteiger partial charge < -0.3 is 15.0 Å². The number of rotatable bonds is 6. The lowest BCUT2D eigenvalue weighted by molar-refractivity contribution is -0.146. The third kappa shape index (κ3) is 3.48. The largest absolute Gasteiger partial charge is 0.378 e. The molecule has 19 heavy (non-hydrogen) atoms. The molecule has 1 saturated heterocycles. The fourth-order valence-electron chi connectivity index (χ4n) is 3.15. The summed E-state index contributed by atoms with van der Waals surface area (Å²) >= 11 is 0. The Morgan fingerprint density at radius 1 is 1.42 bits per heavy atom. The van der Waals surface area contributed by atoms with Gasteiger partial charge in [0.05, 0.1) is 12.0 Å². The van der Waals surface area contributed by atoms with Gasteiger partial charge in [-0.05, 0) is 52.5 Å². The van der Waals surface area contributed by atoms with Crippen molar-refractivity contribution >= 4 is 5.91 Å². The molecule has 0 spiro atoms. The second-order valence-electron chi connectivity index (χ2n) is 6.35. The van der Waals surface area contributed by atoms with Crippen LogP contribution in [0.4, 0.5) is 0 Å². The third-order valence-electron chi connectivity index (χ3n) is 4.69. The zero-order valence-corrected chi connectivity index (χ0v) is 12.6. The molecule has 1 N–H and O–H groups in total. The standard InChI is InChI=1S/C15H28N2O2/c1-12(2)17(11-13-6-4-9-16-13)14(18)10-15(19-3)7-5-8-15/h12-13,16H,4-11H2,1-3H3. The van der Waals surface area contributed by atoms with Gasteiger partial charge in [0.1, 0.15) is 0 Å². The number of methoxy groups -OCH3 is 1. The Morgan fingerprint density at radius 2 is 2.16 bits per heavy atom. The highest BCUT2D eigenvalue weighted by Gasteiger charge is 2.40. The van der Waals surface area contributed by atoms with Gasteiger partial charge in [0.2, 0.25) is 5.91 Å². The SMILES string of the molecule is COC1(CC(=O)N(CC2CCCN2)C(C)C)CCC1. The zero-order valence-electron chi connectivity index (χ0n) is 12.6. The topological polar surface area (TPSA) is 41.6 Å². The van der Waals surface area contributed by atoms with Gasteiger partial charge in [-0.25, -0.2) is 0 Å². The molecule has 1 amide bonds. The molecule has 1 atom stereocenters. The Labute approximate surface area is 116 Å². The van der Waals surface area contributed by atoms with Crippen LogP contribution >= 0.6 is 0 Å². The highest BCUT2D eigenvalue weighted by Crippen LogP contribution is 2.38. The van der Waals surface area contributed by atoms with Crippen LogP contribution in [0.3, 0.4) is 0 Å². The van der Waals surface area contributed by atoms with Crippen molar-refractivity contribution in [3.05, 3.63) is 0 Å². The number of ether oxygens (including phenoxy) is 1. The fraction of sp³-hybridized carbons (Fsp3) is 0.933. The predicted molar refractivity (Wildman–Crippen MR) is 76.1 cm³/mol. The van der Waals surface area contributed by atoms with Gasteiger partial charge in [0.25, 0.3) is 0 Å². The van der Waals surface area contributed by atoms with E-state index in [4.69, 9.17) is 4.74 Å². The van der Waals surface area contributed by atoms with Crippen molar-refractivity contribution in [2.75, 3.05) is 20.2 Å². The fourth-order valence-corrected chi connectivity index (χ4v) is 3.15. The molecule has 1 saturated carbocycles. The van der Waals surface area contributed by atoms with Crippen LogP contribution in [0.5, 0.6) is 0 Å². The van der Waals surface area contributed by atoms with E-state index in [-0.39, 0.29) is 17.6 Å². The molecular formula is C15H28N2O2. The Hall–Kier alpha value is -0.610. The normalized spacial score (nSPS) is 25.4. The van der Waals surface area contributed by atoms with Gasteiger partial charge in [-0.3, -0.25) is 4.79 Å². The average Bonchev–Trinajstić information content (AvgIpc) is 2.83. The summed E-state index contributed by atoms with van der Waals surface area (Å²) in [5.74, 6) is 0.255. The number of hydrogen-bond donors (Lipinski definition) is 1. The summed E-state index contributed by atoms with van der Waals surface area (Å²) in [6.45, 7) is 6.14. The molecular weight excluding hydrogens is 240 g/mol. The molecule has 1 heterocycles. The van der Waals surface area contributed by atoms with E-state index in [9.17, 15) is 4.79 Å². The molecule has 0 aromatic rings. The smallest absolute Gasteiger partial charge is 0.225 e. The summed E-state index contributed by atoms with van der Waals surface area (Å²) < 4.78 is 5.58. The number of nitrogens with one attached hydrogen (secondary N) is 1. The summed E-state index contributed by atoms with van der Waals surface area (Å²) in [7, 11) is 1.74. The number of carbonyl (C=O) groups is 1. The van der Waals surface area contributed by atoms with Crippen LogP contribution < -0.4 is 5.32 Å². The van der Waals surface area contributed by atoms with Gasteiger partial charge >= 0.3 is 0 Å². The van der Waals surface area contributed by atoms with Crippen molar-refractivity contribution < 1.29 is 9.53 Å². The molecule has 2 aliphatic rings. The number of amides is 1. The molecule has 2 rings (SSSR count). The third-order valence-corrected chi connectivity index (χ3v) is 4.69. The highest BCUT2D eigenvalue weighted by atomic mass is 16.5. The molecule has 4 heteroatoms. The van der Waals surface area contributed by atoms with E-state index in [1.807, 2.05) is 4.90 Å². The van der Waals surface area contributed by atoms with Crippen molar-refractivity contribution in [1.82, 2.24) is 10.2 Å². The summed E-state index contributed by atoms with van der Waals surface area (Å²) in [4.78, 5) is 14.6. The highest BCUT2D eigenvalue weighted by molar-refractivity contribution is 5.77. The van der Waals surface area contributed by atoms with Crippen molar-refractivity contribution in [2.45, 2.75) is 70.1 Å². The summed E-state index contributed by atoms with van der Waals surface area (Å²) in [6, 6.07) is 0.745. The van der Waals surface area contributed by atoms with Gasteiger partial charge in [-0.1, -0.05) is 0 Å². The monoisotopic (exact) mass is 268 g/mol. The molecule has 1 unspecified atom stereocenters. The Kier molecular flexibility index (Phi) is 4.85. The molecule has 0 radical (unpaired) electrons. The predicted octanol–water partition coefficient (Wildman–Crippen LogP) is 1.93. The summed E-state index contributed by atoms with van der Waals surface area (Å²) in [5.41, 5.74) is -0.159. The summed E-state index contributed by atoms with van der Waals surface area (Å²) in [6.07, 6.45) is 6.21. The van der Waals surface area contributed by atoms with Gasteiger partial charge in [0.15, 0.2) is 0 Å². The first-order chi connectivity index (χ1) is 9.06. The van der Waals surface area contributed by atoms with Gasteiger partial charge in [-0.15, -0.1) is 0 Å². The molecule has 4 nitrogen and oxygen atoms in total. The number of carbonyl (C=O) groups excluding carboxylic acids is 1. The molecule has 0 aromatic heterocycles. The Morgan fingerprint density at radius 3 is 2.58 bits per heavy atom. The lowest BCUT2D eigenvalue weighted by Crippen LogP contribution is -2.49. The number of nitrogens with zero attached hydrogens (tertiary/aromatic N) is 1. The van der Waals surface area contributed by atoms with Gasteiger partial charge in [0, 0.05) is 25.7 Å². The van der Waals surface area contributed by atoms with E-state index in [0.717, 1.165) is 25.9 Å². The van der Waals surface area contributed by atoms with E-state index in [1.54, 1.807) is 7.11 Å². The van der Waals surface area contributed by atoms with Crippen molar-refractivity contribution in [1.29, 1.82) is 0 Å². The summed E-state index contributed by atoms with van der Waals surface area (Å²) in [5, 5.41) is 3.48. The van der Waals surface area contributed by atoms with Crippen LogP contribution in [-0.2, 0) is 9.53 Å². The second-order valence-corrected chi connectivity index (χ2v) is 6.35. The first-order valence-corrected chi connectivity index (χ1v) is 7.64. The van der Waals surface area contributed by atoms with Crippen LogP contribution in [0.15, 0.2) is 0 Å². The minimum atomic E-state index is -0.159. The molecule has 1 aliphatic heterocycles. The second kappa shape index (κ2) is 6.23. The lowest BCUT2D eigenvalue weighted by Gasteiger charge is -2.42. The maximum atomic E-state index is 12.6. The molecule has 110 valence electrons. The van der Waals surface area contributed by atoms with Crippen LogP contribution in [0.25, 0.3) is 0 Å². The first kappa shape index (κ1) is 14.8. The van der Waals surface area contributed by atoms with E-state index in [2.05, 4.69) is 19.2 Å². The quantitative estimate of drug-likeness (QED) is 0.800. The van der Waals surface area contributed by atoms with Crippen LogP contribution in [0, 0.1) is 0 Å². The molecule has 0 bridgehead atoms. The lowest BCUT2D eigenvalue weighted by atomic mass is 9.77. The average molecular weight is 268 g/mol. The number of hydrogen-bond acceptors (Lipinski definition) is 3.